The number of aliphatic hydroxyl groups excluding tert-OH is 1. The third kappa shape index (κ3) is 3.48. The molecule has 1 aromatic rings. The number of rotatable bonds is 5. The molecule has 2 heteroatoms. The van der Waals surface area contributed by atoms with Gasteiger partial charge in [-0.2, -0.15) is 0 Å². The van der Waals surface area contributed by atoms with Gasteiger partial charge in [0.05, 0.1) is 0 Å². The summed E-state index contributed by atoms with van der Waals surface area (Å²) < 4.78 is 0. The Hall–Kier alpha value is -0.860. The minimum Gasteiger partial charge on any atom is -0.396 e. The number of hydrogen-bond acceptors (Lipinski definition) is 2. The Labute approximate surface area is 85.8 Å². The van der Waals surface area contributed by atoms with Crippen molar-refractivity contribution >= 4 is 0 Å². The molecule has 1 rings (SSSR count). The van der Waals surface area contributed by atoms with Crippen LogP contribution < -0.4 is 5.73 Å². The van der Waals surface area contributed by atoms with Gasteiger partial charge in [-0.15, -0.1) is 0 Å². The summed E-state index contributed by atoms with van der Waals surface area (Å²) >= 11 is 0. The highest BCUT2D eigenvalue weighted by Gasteiger charge is 2.09. The van der Waals surface area contributed by atoms with Gasteiger partial charge in [0.25, 0.3) is 0 Å². The zero-order valence-corrected chi connectivity index (χ0v) is 8.69. The van der Waals surface area contributed by atoms with E-state index in [1.165, 1.54) is 5.56 Å². The lowest BCUT2D eigenvalue weighted by atomic mass is 9.93. The minimum absolute atomic E-state index is 0.107. The number of hydrogen-bond donors (Lipinski definition) is 2. The highest BCUT2D eigenvalue weighted by Crippen LogP contribution is 2.20. The van der Waals surface area contributed by atoms with Crippen molar-refractivity contribution in [3.63, 3.8) is 0 Å². The fourth-order valence-corrected chi connectivity index (χ4v) is 1.66. The second kappa shape index (κ2) is 5.78. The van der Waals surface area contributed by atoms with Crippen LogP contribution >= 0.6 is 0 Å². The summed E-state index contributed by atoms with van der Waals surface area (Å²) in [5, 5.41) is 8.74. The van der Waals surface area contributed by atoms with Crippen molar-refractivity contribution in [3.05, 3.63) is 35.9 Å². The molecule has 0 bridgehead atoms. The second-order valence-corrected chi connectivity index (χ2v) is 3.82. The SMILES string of the molecule is CC(CC(N)CCO)c1ccccc1. The molecule has 14 heavy (non-hydrogen) atoms. The lowest BCUT2D eigenvalue weighted by Crippen LogP contribution is -2.23. The highest BCUT2D eigenvalue weighted by molar-refractivity contribution is 5.18. The van der Waals surface area contributed by atoms with E-state index in [0.717, 1.165) is 6.42 Å². The maximum absolute atomic E-state index is 8.74. The molecule has 0 radical (unpaired) electrons. The normalized spacial score (nSPS) is 15.1. The van der Waals surface area contributed by atoms with Crippen molar-refractivity contribution in [2.45, 2.75) is 31.7 Å². The molecular formula is C12H19NO. The van der Waals surface area contributed by atoms with E-state index in [-0.39, 0.29) is 12.6 Å². The van der Waals surface area contributed by atoms with Gasteiger partial charge in [-0.05, 0) is 24.3 Å². The van der Waals surface area contributed by atoms with E-state index >= 15 is 0 Å². The molecule has 2 unspecified atom stereocenters. The fraction of sp³-hybridized carbons (Fsp3) is 0.500. The van der Waals surface area contributed by atoms with Crippen LogP contribution in [-0.2, 0) is 0 Å². The summed E-state index contributed by atoms with van der Waals surface area (Å²) in [4.78, 5) is 0. The van der Waals surface area contributed by atoms with Gasteiger partial charge >= 0.3 is 0 Å². The van der Waals surface area contributed by atoms with Crippen LogP contribution in [0.5, 0.6) is 0 Å². The average molecular weight is 193 g/mol. The quantitative estimate of drug-likeness (QED) is 0.750. The van der Waals surface area contributed by atoms with Crippen molar-refractivity contribution < 1.29 is 5.11 Å². The Kier molecular flexibility index (Phi) is 4.63. The zero-order valence-electron chi connectivity index (χ0n) is 8.69. The average Bonchev–Trinajstić information content (AvgIpc) is 2.19. The van der Waals surface area contributed by atoms with Gasteiger partial charge < -0.3 is 10.8 Å². The predicted octanol–water partition coefficient (Wildman–Crippen LogP) is 1.89. The van der Waals surface area contributed by atoms with E-state index in [0.29, 0.717) is 12.3 Å². The largest absolute Gasteiger partial charge is 0.396 e. The van der Waals surface area contributed by atoms with Crippen LogP contribution in [0.1, 0.15) is 31.2 Å². The summed E-state index contributed by atoms with van der Waals surface area (Å²) in [6.07, 6.45) is 1.63. The standard InChI is InChI=1S/C12H19NO/c1-10(9-12(13)7-8-14)11-5-3-2-4-6-11/h2-6,10,12,14H,7-9,13H2,1H3. The van der Waals surface area contributed by atoms with Crippen molar-refractivity contribution in [2.75, 3.05) is 6.61 Å². The second-order valence-electron chi connectivity index (χ2n) is 3.82. The van der Waals surface area contributed by atoms with Gasteiger partial charge in [0.15, 0.2) is 0 Å². The molecule has 2 atom stereocenters. The first-order valence-corrected chi connectivity index (χ1v) is 5.15. The van der Waals surface area contributed by atoms with Crippen LogP contribution in [0.15, 0.2) is 30.3 Å². The molecule has 0 spiro atoms. The first-order valence-electron chi connectivity index (χ1n) is 5.15. The highest BCUT2D eigenvalue weighted by atomic mass is 16.3. The maximum atomic E-state index is 8.74. The van der Waals surface area contributed by atoms with Gasteiger partial charge in [-0.1, -0.05) is 37.3 Å². The summed E-state index contributed by atoms with van der Waals surface area (Å²) in [6.45, 7) is 2.36. The molecule has 0 fully saturated rings. The topological polar surface area (TPSA) is 46.2 Å². The van der Waals surface area contributed by atoms with Gasteiger partial charge in [0.2, 0.25) is 0 Å². The predicted molar refractivity (Wildman–Crippen MR) is 59.2 cm³/mol. The summed E-state index contributed by atoms with van der Waals surface area (Å²) in [5.41, 5.74) is 7.18. The van der Waals surface area contributed by atoms with E-state index in [4.69, 9.17) is 10.8 Å². The Morgan fingerprint density at radius 2 is 1.93 bits per heavy atom. The zero-order chi connectivity index (χ0) is 10.4. The monoisotopic (exact) mass is 193 g/mol. The molecule has 2 nitrogen and oxygen atoms in total. The Bertz CT molecular complexity index is 248. The number of aliphatic hydroxyl groups is 1. The van der Waals surface area contributed by atoms with Crippen LogP contribution in [0.4, 0.5) is 0 Å². The van der Waals surface area contributed by atoms with E-state index in [9.17, 15) is 0 Å². The summed E-state index contributed by atoms with van der Waals surface area (Å²) in [5.74, 6) is 0.470. The van der Waals surface area contributed by atoms with Gasteiger partial charge in [-0.3, -0.25) is 0 Å². The van der Waals surface area contributed by atoms with E-state index < -0.39 is 0 Å². The molecule has 1 aromatic carbocycles. The van der Waals surface area contributed by atoms with E-state index in [1.54, 1.807) is 0 Å². The van der Waals surface area contributed by atoms with Crippen molar-refractivity contribution in [3.8, 4) is 0 Å². The van der Waals surface area contributed by atoms with Crippen LogP contribution in [0.25, 0.3) is 0 Å². The molecule has 0 saturated heterocycles. The molecule has 0 aliphatic rings. The minimum atomic E-state index is 0.107. The van der Waals surface area contributed by atoms with Crippen LogP contribution in [0.3, 0.4) is 0 Å². The number of nitrogens with two attached hydrogens (primary N) is 1. The summed E-state index contributed by atoms with van der Waals surface area (Å²) in [6, 6.07) is 10.5. The fourth-order valence-electron chi connectivity index (χ4n) is 1.66. The lowest BCUT2D eigenvalue weighted by Gasteiger charge is -2.16. The molecule has 0 saturated carbocycles. The lowest BCUT2D eigenvalue weighted by molar-refractivity contribution is 0.271. The van der Waals surface area contributed by atoms with Crippen LogP contribution in [-0.4, -0.2) is 17.8 Å². The molecule has 0 amide bonds. The van der Waals surface area contributed by atoms with Gasteiger partial charge in [0, 0.05) is 12.6 Å². The third-order valence-corrected chi connectivity index (χ3v) is 2.52. The molecule has 78 valence electrons. The smallest absolute Gasteiger partial charge is 0.0445 e. The molecule has 0 aliphatic heterocycles. The van der Waals surface area contributed by atoms with Crippen molar-refractivity contribution in [1.82, 2.24) is 0 Å². The molecule has 3 N–H and O–H groups in total. The molecule has 0 aromatic heterocycles. The molecule has 0 heterocycles. The van der Waals surface area contributed by atoms with E-state index in [2.05, 4.69) is 19.1 Å². The number of benzene rings is 1. The summed E-state index contributed by atoms with van der Waals surface area (Å²) in [7, 11) is 0. The molecular weight excluding hydrogens is 174 g/mol. The van der Waals surface area contributed by atoms with Gasteiger partial charge in [0.1, 0.15) is 0 Å². The first kappa shape index (κ1) is 11.2. The first-order chi connectivity index (χ1) is 6.74. The van der Waals surface area contributed by atoms with Crippen molar-refractivity contribution in [1.29, 1.82) is 0 Å². The van der Waals surface area contributed by atoms with E-state index in [1.807, 2.05) is 18.2 Å². The third-order valence-electron chi connectivity index (χ3n) is 2.52. The molecule has 0 aliphatic carbocycles. The Morgan fingerprint density at radius 1 is 1.29 bits per heavy atom. The Balaban J connectivity index is 2.46. The Morgan fingerprint density at radius 3 is 2.50 bits per heavy atom. The van der Waals surface area contributed by atoms with Crippen molar-refractivity contribution in [2.24, 2.45) is 5.73 Å². The maximum Gasteiger partial charge on any atom is 0.0445 e. The van der Waals surface area contributed by atoms with Crippen LogP contribution in [0, 0.1) is 0 Å². The van der Waals surface area contributed by atoms with Gasteiger partial charge in [-0.25, -0.2) is 0 Å². The van der Waals surface area contributed by atoms with Crippen LogP contribution in [0.2, 0.25) is 0 Å².